The Labute approximate surface area is 159 Å². The summed E-state index contributed by atoms with van der Waals surface area (Å²) < 4.78 is 10.6. The van der Waals surface area contributed by atoms with E-state index in [0.29, 0.717) is 30.2 Å². The van der Waals surface area contributed by atoms with Crippen molar-refractivity contribution in [2.24, 2.45) is 0 Å². The van der Waals surface area contributed by atoms with Crippen molar-refractivity contribution in [3.05, 3.63) is 53.6 Å². The Hall–Kier alpha value is -3.02. The Bertz CT molecular complexity index is 835. The number of nitrogens with one attached hydrogen (secondary N) is 1. The van der Waals surface area contributed by atoms with Crippen molar-refractivity contribution in [1.29, 1.82) is 0 Å². The van der Waals surface area contributed by atoms with Crippen molar-refractivity contribution in [3.63, 3.8) is 0 Å². The average molecular weight is 368 g/mol. The maximum Gasteiger partial charge on any atom is 0.262 e. The van der Waals surface area contributed by atoms with Gasteiger partial charge in [0.05, 0.1) is 7.11 Å². The highest BCUT2D eigenvalue weighted by molar-refractivity contribution is 5.92. The number of benzene rings is 2. The van der Waals surface area contributed by atoms with Crippen molar-refractivity contribution in [2.75, 3.05) is 25.6 Å². The van der Waals surface area contributed by atoms with Crippen LogP contribution in [0.2, 0.25) is 0 Å². The van der Waals surface area contributed by atoms with Gasteiger partial charge < -0.3 is 19.7 Å². The van der Waals surface area contributed by atoms with E-state index in [1.807, 2.05) is 36.1 Å². The molecule has 3 rings (SSSR count). The fourth-order valence-corrected chi connectivity index (χ4v) is 3.11. The van der Waals surface area contributed by atoms with Crippen LogP contribution in [0.1, 0.15) is 24.5 Å². The summed E-state index contributed by atoms with van der Waals surface area (Å²) in [4.78, 5) is 26.0. The fraction of sp³-hybridized carbons (Fsp3) is 0.333. The van der Waals surface area contributed by atoms with Gasteiger partial charge in [0.2, 0.25) is 5.91 Å². The molecule has 0 fully saturated rings. The van der Waals surface area contributed by atoms with Crippen LogP contribution in [-0.2, 0) is 22.6 Å². The molecule has 0 aromatic heterocycles. The van der Waals surface area contributed by atoms with Gasteiger partial charge in [0.25, 0.3) is 5.91 Å². The molecule has 27 heavy (non-hydrogen) atoms. The number of carbonyl (C=O) groups excluding carboxylic acids is 2. The average Bonchev–Trinajstić information content (AvgIpc) is 2.71. The lowest BCUT2D eigenvalue weighted by Gasteiger charge is -2.29. The van der Waals surface area contributed by atoms with Crippen molar-refractivity contribution >= 4 is 17.5 Å². The summed E-state index contributed by atoms with van der Waals surface area (Å²) in [6.07, 6.45) is 1.35. The number of anilines is 1. The molecule has 0 radical (unpaired) electrons. The number of hydrogen-bond donors (Lipinski definition) is 1. The van der Waals surface area contributed by atoms with Crippen molar-refractivity contribution in [2.45, 2.75) is 26.3 Å². The number of amides is 2. The standard InChI is InChI=1S/C21H24N2O4/c1-3-21(25)23-10-9-15-7-8-17(11-16(15)13-23)22-20(24)14-27-19-6-4-5-18(12-19)26-2/h4-8,11-12H,3,9-10,13-14H2,1-2H3,(H,22,24). The second-order valence-corrected chi connectivity index (χ2v) is 6.42. The first-order chi connectivity index (χ1) is 13.1. The van der Waals surface area contributed by atoms with E-state index in [1.54, 1.807) is 25.3 Å². The second kappa shape index (κ2) is 8.58. The number of nitrogens with zero attached hydrogens (tertiary/aromatic N) is 1. The van der Waals surface area contributed by atoms with Crippen LogP contribution in [0.25, 0.3) is 0 Å². The first kappa shape index (κ1) is 18.8. The molecule has 0 aliphatic carbocycles. The van der Waals surface area contributed by atoms with E-state index in [2.05, 4.69) is 5.32 Å². The maximum atomic E-state index is 12.2. The first-order valence-electron chi connectivity index (χ1n) is 9.05. The van der Waals surface area contributed by atoms with Crippen molar-refractivity contribution in [1.82, 2.24) is 4.90 Å². The summed E-state index contributed by atoms with van der Waals surface area (Å²) in [7, 11) is 1.58. The predicted octanol–water partition coefficient (Wildman–Crippen LogP) is 3.01. The highest BCUT2D eigenvalue weighted by Crippen LogP contribution is 2.23. The molecular formula is C21H24N2O4. The van der Waals surface area contributed by atoms with Gasteiger partial charge in [-0.25, -0.2) is 0 Å². The van der Waals surface area contributed by atoms with Crippen LogP contribution in [0, 0.1) is 0 Å². The minimum atomic E-state index is -0.241. The van der Waals surface area contributed by atoms with E-state index < -0.39 is 0 Å². The molecule has 0 saturated heterocycles. The smallest absolute Gasteiger partial charge is 0.262 e. The molecule has 2 aromatic carbocycles. The van der Waals surface area contributed by atoms with Gasteiger partial charge in [-0.05, 0) is 41.8 Å². The Balaban J connectivity index is 1.59. The van der Waals surface area contributed by atoms with Crippen LogP contribution in [0.15, 0.2) is 42.5 Å². The summed E-state index contributed by atoms with van der Waals surface area (Å²) in [6.45, 7) is 3.12. The molecule has 142 valence electrons. The minimum absolute atomic E-state index is 0.0926. The Morgan fingerprint density at radius 2 is 1.93 bits per heavy atom. The third kappa shape index (κ3) is 4.78. The maximum absolute atomic E-state index is 12.2. The van der Waals surface area contributed by atoms with E-state index in [0.717, 1.165) is 18.5 Å². The van der Waals surface area contributed by atoms with Gasteiger partial charge in [-0.3, -0.25) is 9.59 Å². The molecule has 1 N–H and O–H groups in total. The largest absolute Gasteiger partial charge is 0.497 e. The summed E-state index contributed by atoms with van der Waals surface area (Å²) in [5.41, 5.74) is 3.01. The van der Waals surface area contributed by atoms with Crippen LogP contribution < -0.4 is 14.8 Å². The highest BCUT2D eigenvalue weighted by atomic mass is 16.5. The summed E-state index contributed by atoms with van der Waals surface area (Å²) in [5, 5.41) is 2.85. The third-order valence-corrected chi connectivity index (χ3v) is 4.57. The van der Waals surface area contributed by atoms with Gasteiger partial charge in [-0.1, -0.05) is 19.1 Å². The number of ether oxygens (including phenoxy) is 2. The number of fused-ring (bicyclic) bond motifs is 1. The molecule has 0 bridgehead atoms. The van der Waals surface area contributed by atoms with E-state index in [4.69, 9.17) is 9.47 Å². The molecule has 6 nitrogen and oxygen atoms in total. The summed E-state index contributed by atoms with van der Waals surface area (Å²) >= 11 is 0. The molecule has 0 unspecified atom stereocenters. The van der Waals surface area contributed by atoms with Crippen LogP contribution in [0.5, 0.6) is 11.5 Å². The van der Waals surface area contributed by atoms with Crippen LogP contribution >= 0.6 is 0 Å². The molecular weight excluding hydrogens is 344 g/mol. The lowest BCUT2D eigenvalue weighted by Crippen LogP contribution is -2.35. The van der Waals surface area contributed by atoms with Crippen LogP contribution in [0.4, 0.5) is 5.69 Å². The zero-order valence-corrected chi connectivity index (χ0v) is 15.7. The summed E-state index contributed by atoms with van der Waals surface area (Å²) in [6, 6.07) is 13.0. The SMILES string of the molecule is CCC(=O)N1CCc2ccc(NC(=O)COc3cccc(OC)c3)cc2C1. The zero-order valence-electron chi connectivity index (χ0n) is 15.7. The van der Waals surface area contributed by atoms with E-state index in [1.165, 1.54) is 5.56 Å². The van der Waals surface area contributed by atoms with E-state index >= 15 is 0 Å². The lowest BCUT2D eigenvalue weighted by atomic mass is 9.99. The van der Waals surface area contributed by atoms with Gasteiger partial charge in [0.15, 0.2) is 6.61 Å². The summed E-state index contributed by atoms with van der Waals surface area (Å²) in [5.74, 6) is 1.16. The molecule has 0 spiro atoms. The highest BCUT2D eigenvalue weighted by Gasteiger charge is 2.20. The van der Waals surface area contributed by atoms with Crippen LogP contribution in [0.3, 0.4) is 0 Å². The Kier molecular flexibility index (Phi) is 5.96. The molecule has 1 aliphatic heterocycles. The zero-order chi connectivity index (χ0) is 19.2. The first-order valence-corrected chi connectivity index (χ1v) is 9.05. The number of rotatable bonds is 6. The molecule has 6 heteroatoms. The minimum Gasteiger partial charge on any atom is -0.497 e. The van der Waals surface area contributed by atoms with Gasteiger partial charge in [0, 0.05) is 31.3 Å². The molecule has 1 aliphatic rings. The van der Waals surface area contributed by atoms with Crippen molar-refractivity contribution < 1.29 is 19.1 Å². The molecule has 2 aromatic rings. The lowest BCUT2D eigenvalue weighted by molar-refractivity contribution is -0.131. The molecule has 1 heterocycles. The Morgan fingerprint density at radius 1 is 1.11 bits per heavy atom. The third-order valence-electron chi connectivity index (χ3n) is 4.57. The molecule has 0 atom stereocenters. The topological polar surface area (TPSA) is 67.9 Å². The van der Waals surface area contributed by atoms with E-state index in [-0.39, 0.29) is 18.4 Å². The number of hydrogen-bond acceptors (Lipinski definition) is 4. The normalized spacial score (nSPS) is 12.9. The number of carbonyl (C=O) groups is 2. The molecule has 0 saturated carbocycles. The monoisotopic (exact) mass is 368 g/mol. The van der Waals surface area contributed by atoms with Gasteiger partial charge >= 0.3 is 0 Å². The number of methoxy groups -OCH3 is 1. The fourth-order valence-electron chi connectivity index (χ4n) is 3.11. The van der Waals surface area contributed by atoms with Gasteiger partial charge in [0.1, 0.15) is 11.5 Å². The molecule has 2 amide bonds. The quantitative estimate of drug-likeness (QED) is 0.851. The van der Waals surface area contributed by atoms with E-state index in [9.17, 15) is 9.59 Å². The van der Waals surface area contributed by atoms with Crippen LogP contribution in [-0.4, -0.2) is 37.0 Å². The Morgan fingerprint density at radius 3 is 2.70 bits per heavy atom. The van der Waals surface area contributed by atoms with Crippen molar-refractivity contribution in [3.8, 4) is 11.5 Å². The van der Waals surface area contributed by atoms with Gasteiger partial charge in [-0.15, -0.1) is 0 Å². The van der Waals surface area contributed by atoms with Gasteiger partial charge in [-0.2, -0.15) is 0 Å². The predicted molar refractivity (Wildman–Crippen MR) is 103 cm³/mol. The second-order valence-electron chi connectivity index (χ2n) is 6.42.